The second-order valence-corrected chi connectivity index (χ2v) is 6.05. The molecule has 4 aromatic rings. The zero-order valence-electron chi connectivity index (χ0n) is 13.5. The summed E-state index contributed by atoms with van der Waals surface area (Å²) in [6, 6.07) is 8.87. The summed E-state index contributed by atoms with van der Waals surface area (Å²) < 4.78 is 10.3. The van der Waals surface area contributed by atoms with Crippen LogP contribution in [0.25, 0.3) is 22.6 Å². The van der Waals surface area contributed by atoms with E-state index in [1.807, 2.05) is 6.07 Å². The van der Waals surface area contributed by atoms with Gasteiger partial charge in [0.25, 0.3) is 0 Å². The molecule has 0 aliphatic rings. The van der Waals surface area contributed by atoms with E-state index in [0.717, 1.165) is 11.0 Å². The average Bonchev–Trinajstić information content (AvgIpc) is 3.36. The van der Waals surface area contributed by atoms with Crippen molar-refractivity contribution in [3.8, 4) is 11.6 Å². The number of halogens is 1. The number of benzene rings is 1. The quantitative estimate of drug-likeness (QED) is 0.539. The molecular weight excluding hydrogens is 358 g/mol. The lowest BCUT2D eigenvalue weighted by Gasteiger charge is -2.01. The Hall–Kier alpha value is -3.13. The summed E-state index contributed by atoms with van der Waals surface area (Å²) in [5, 5.41) is 7.26. The Bertz CT molecular complexity index is 1040. The van der Waals surface area contributed by atoms with Crippen molar-refractivity contribution in [3.63, 3.8) is 0 Å². The SMILES string of the molecule is O=C(CCc1nc(-c2ccco2)no1)NCc1nc2ccc(Cl)cc2[nH]1. The second kappa shape index (κ2) is 7.01. The van der Waals surface area contributed by atoms with Crippen LogP contribution >= 0.6 is 11.6 Å². The molecule has 1 amide bonds. The van der Waals surface area contributed by atoms with Crippen LogP contribution in [0.2, 0.25) is 5.02 Å². The lowest BCUT2D eigenvalue weighted by molar-refractivity contribution is -0.121. The molecule has 0 bridgehead atoms. The molecule has 26 heavy (non-hydrogen) atoms. The molecule has 0 unspecified atom stereocenters. The van der Waals surface area contributed by atoms with Gasteiger partial charge in [0.15, 0.2) is 5.76 Å². The standard InChI is InChI=1S/C17H14ClN5O3/c18-10-3-4-11-12(8-10)21-14(20-11)9-19-15(24)5-6-16-22-17(23-26-16)13-2-1-7-25-13/h1-4,7-8H,5-6,9H2,(H,19,24)(H,20,21). The summed E-state index contributed by atoms with van der Waals surface area (Å²) in [4.78, 5) is 23.7. The van der Waals surface area contributed by atoms with E-state index in [-0.39, 0.29) is 12.3 Å². The van der Waals surface area contributed by atoms with Gasteiger partial charge in [0.2, 0.25) is 17.6 Å². The number of carbonyl (C=O) groups is 1. The molecular formula is C17H14ClN5O3. The first-order valence-electron chi connectivity index (χ1n) is 7.95. The van der Waals surface area contributed by atoms with Gasteiger partial charge in [-0.15, -0.1) is 0 Å². The Labute approximate surface area is 152 Å². The topological polar surface area (TPSA) is 110 Å². The Balaban J connectivity index is 1.30. The van der Waals surface area contributed by atoms with E-state index in [1.54, 1.807) is 24.3 Å². The maximum absolute atomic E-state index is 12.0. The number of aromatic amines is 1. The number of carbonyl (C=O) groups excluding carboxylic acids is 1. The van der Waals surface area contributed by atoms with Crippen molar-refractivity contribution in [1.29, 1.82) is 0 Å². The van der Waals surface area contributed by atoms with Crippen molar-refractivity contribution in [2.24, 2.45) is 0 Å². The molecule has 132 valence electrons. The number of hydrogen-bond acceptors (Lipinski definition) is 6. The maximum Gasteiger partial charge on any atom is 0.238 e. The molecule has 0 fully saturated rings. The highest BCUT2D eigenvalue weighted by atomic mass is 35.5. The number of nitrogens with zero attached hydrogens (tertiary/aromatic N) is 3. The van der Waals surface area contributed by atoms with Crippen molar-refractivity contribution >= 4 is 28.5 Å². The van der Waals surface area contributed by atoms with Gasteiger partial charge in [-0.2, -0.15) is 4.98 Å². The minimum atomic E-state index is -0.138. The lowest BCUT2D eigenvalue weighted by atomic mass is 10.3. The maximum atomic E-state index is 12.0. The van der Waals surface area contributed by atoms with Crippen LogP contribution in [-0.2, 0) is 17.8 Å². The Morgan fingerprint density at radius 3 is 3.04 bits per heavy atom. The van der Waals surface area contributed by atoms with Crippen LogP contribution in [0.4, 0.5) is 0 Å². The van der Waals surface area contributed by atoms with Crippen LogP contribution in [-0.4, -0.2) is 26.0 Å². The number of amides is 1. The van der Waals surface area contributed by atoms with E-state index < -0.39 is 0 Å². The van der Waals surface area contributed by atoms with E-state index in [1.165, 1.54) is 6.26 Å². The highest BCUT2D eigenvalue weighted by molar-refractivity contribution is 6.31. The van der Waals surface area contributed by atoms with Gasteiger partial charge in [-0.1, -0.05) is 16.8 Å². The second-order valence-electron chi connectivity index (χ2n) is 5.61. The monoisotopic (exact) mass is 371 g/mol. The number of H-pyrrole nitrogens is 1. The summed E-state index contributed by atoms with van der Waals surface area (Å²) in [7, 11) is 0. The molecule has 3 heterocycles. The normalized spacial score (nSPS) is 11.1. The van der Waals surface area contributed by atoms with Crippen LogP contribution in [0.3, 0.4) is 0 Å². The zero-order valence-corrected chi connectivity index (χ0v) is 14.3. The fourth-order valence-electron chi connectivity index (χ4n) is 2.47. The van der Waals surface area contributed by atoms with Crippen molar-refractivity contribution in [2.75, 3.05) is 0 Å². The number of furan rings is 1. The number of imidazole rings is 1. The summed E-state index contributed by atoms with van der Waals surface area (Å²) in [6.45, 7) is 0.298. The van der Waals surface area contributed by atoms with Crippen LogP contribution in [0.5, 0.6) is 0 Å². The highest BCUT2D eigenvalue weighted by Gasteiger charge is 2.12. The van der Waals surface area contributed by atoms with Gasteiger partial charge in [0, 0.05) is 17.9 Å². The molecule has 0 radical (unpaired) electrons. The summed E-state index contributed by atoms with van der Waals surface area (Å²) in [5.41, 5.74) is 1.63. The van der Waals surface area contributed by atoms with Crippen molar-refractivity contribution in [1.82, 2.24) is 25.4 Å². The molecule has 0 aliphatic carbocycles. The van der Waals surface area contributed by atoms with E-state index in [4.69, 9.17) is 20.5 Å². The number of nitrogens with one attached hydrogen (secondary N) is 2. The van der Waals surface area contributed by atoms with Crippen LogP contribution in [0.15, 0.2) is 45.5 Å². The zero-order chi connectivity index (χ0) is 17.9. The molecule has 0 atom stereocenters. The first kappa shape index (κ1) is 16.3. The molecule has 4 rings (SSSR count). The first-order chi connectivity index (χ1) is 12.7. The Morgan fingerprint density at radius 2 is 2.19 bits per heavy atom. The molecule has 9 heteroatoms. The van der Waals surface area contributed by atoms with Gasteiger partial charge in [-0.3, -0.25) is 4.79 Å². The average molecular weight is 372 g/mol. The molecule has 3 aromatic heterocycles. The molecule has 1 aromatic carbocycles. The molecule has 2 N–H and O–H groups in total. The van der Waals surface area contributed by atoms with E-state index in [0.29, 0.717) is 41.3 Å². The van der Waals surface area contributed by atoms with E-state index >= 15 is 0 Å². The molecule has 0 aliphatic heterocycles. The van der Waals surface area contributed by atoms with Crippen molar-refractivity contribution in [3.05, 3.63) is 53.3 Å². The third-order valence-electron chi connectivity index (χ3n) is 3.72. The van der Waals surface area contributed by atoms with Gasteiger partial charge < -0.3 is 19.2 Å². The Morgan fingerprint density at radius 1 is 1.27 bits per heavy atom. The number of aryl methyl sites for hydroxylation is 1. The minimum absolute atomic E-state index is 0.138. The number of fused-ring (bicyclic) bond motifs is 1. The minimum Gasteiger partial charge on any atom is -0.461 e. The van der Waals surface area contributed by atoms with Crippen LogP contribution < -0.4 is 5.32 Å². The Kier molecular flexibility index (Phi) is 4.40. The predicted molar refractivity (Wildman–Crippen MR) is 93.3 cm³/mol. The molecule has 0 spiro atoms. The third-order valence-corrected chi connectivity index (χ3v) is 3.96. The van der Waals surface area contributed by atoms with E-state index in [2.05, 4.69) is 25.4 Å². The van der Waals surface area contributed by atoms with Gasteiger partial charge in [-0.05, 0) is 30.3 Å². The fourth-order valence-corrected chi connectivity index (χ4v) is 2.64. The van der Waals surface area contributed by atoms with Crippen LogP contribution in [0.1, 0.15) is 18.1 Å². The predicted octanol–water partition coefficient (Wildman–Crippen LogP) is 3.11. The van der Waals surface area contributed by atoms with Crippen LogP contribution in [0, 0.1) is 0 Å². The first-order valence-corrected chi connectivity index (χ1v) is 8.32. The van der Waals surface area contributed by atoms with Gasteiger partial charge >= 0.3 is 0 Å². The molecule has 8 nitrogen and oxygen atoms in total. The summed E-state index contributed by atoms with van der Waals surface area (Å²) in [5.74, 6) is 1.79. The molecule has 0 saturated carbocycles. The van der Waals surface area contributed by atoms with Gasteiger partial charge in [0.05, 0.1) is 23.8 Å². The third kappa shape index (κ3) is 3.60. The van der Waals surface area contributed by atoms with Crippen molar-refractivity contribution < 1.29 is 13.7 Å². The largest absolute Gasteiger partial charge is 0.461 e. The summed E-state index contributed by atoms with van der Waals surface area (Å²) in [6.07, 6.45) is 2.10. The molecule has 0 saturated heterocycles. The fraction of sp³-hybridized carbons (Fsp3) is 0.176. The number of hydrogen-bond donors (Lipinski definition) is 2. The van der Waals surface area contributed by atoms with Gasteiger partial charge in [0.1, 0.15) is 5.82 Å². The number of aromatic nitrogens is 4. The smallest absolute Gasteiger partial charge is 0.238 e. The highest BCUT2D eigenvalue weighted by Crippen LogP contribution is 2.17. The lowest BCUT2D eigenvalue weighted by Crippen LogP contribution is -2.23. The van der Waals surface area contributed by atoms with Crippen molar-refractivity contribution in [2.45, 2.75) is 19.4 Å². The number of rotatable bonds is 6. The summed E-state index contributed by atoms with van der Waals surface area (Å²) >= 11 is 5.95. The van der Waals surface area contributed by atoms with E-state index in [9.17, 15) is 4.79 Å². The van der Waals surface area contributed by atoms with Gasteiger partial charge in [-0.25, -0.2) is 4.98 Å².